The molecule has 0 aromatic carbocycles. The number of rotatable bonds is 4. The highest BCUT2D eigenvalue weighted by Gasteiger charge is 2.73. The maximum atomic E-state index is 14.0. The Kier molecular flexibility index (Phi) is 6.04. The molecule has 4 aliphatic rings. The van der Waals surface area contributed by atoms with Crippen molar-refractivity contribution >= 4 is 23.3 Å². The van der Waals surface area contributed by atoms with Crippen LogP contribution in [0.3, 0.4) is 0 Å². The number of aliphatic hydroxyl groups is 2. The summed E-state index contributed by atoms with van der Waals surface area (Å²) in [6.07, 6.45) is -0.0458. The Bertz CT molecular complexity index is 1020. The number of Topliss-reactive ketones (excluding diaryl/α,β-unsaturated/α-hetero) is 3. The van der Waals surface area contributed by atoms with Gasteiger partial charge in [0.1, 0.15) is 11.9 Å². The van der Waals surface area contributed by atoms with Crippen LogP contribution in [-0.2, 0) is 23.9 Å². The van der Waals surface area contributed by atoms with Crippen LogP contribution in [0, 0.1) is 39.4 Å². The number of carbonyl (C=O) groups is 4. The van der Waals surface area contributed by atoms with Crippen LogP contribution < -0.4 is 0 Å². The minimum Gasteiger partial charge on any atom is -0.469 e. The van der Waals surface area contributed by atoms with Crippen LogP contribution in [0.2, 0.25) is 0 Å². The second kappa shape index (κ2) is 8.07. The molecule has 8 atom stereocenters. The molecule has 4 rings (SSSR count). The van der Waals surface area contributed by atoms with Crippen LogP contribution in [0.15, 0.2) is 11.1 Å². The SMILES string of the molecule is COC(=O)CC[C@@H](C)[C@H]1CC(=O)[C@@]2(C)C3=C(C(=O)[C@@H](O)[C@]12C)[C@@]1(C)CC[C@H](O)C(C)(C)[C@@H]1CC3=O. The third-order valence-corrected chi connectivity index (χ3v) is 11.0. The second-order valence-corrected chi connectivity index (χ2v) is 12.7. The fourth-order valence-corrected chi connectivity index (χ4v) is 8.49. The number of hydrogen-bond acceptors (Lipinski definition) is 7. The Morgan fingerprint density at radius 2 is 1.69 bits per heavy atom. The number of ketones is 3. The van der Waals surface area contributed by atoms with Gasteiger partial charge in [0, 0.05) is 41.2 Å². The van der Waals surface area contributed by atoms with Crippen LogP contribution in [0.4, 0.5) is 0 Å². The summed E-state index contributed by atoms with van der Waals surface area (Å²) >= 11 is 0. The molecule has 0 aromatic rings. The fraction of sp³-hybridized carbons (Fsp3) is 0.786. The summed E-state index contributed by atoms with van der Waals surface area (Å²) in [7, 11) is 1.33. The average Bonchev–Trinajstić information content (AvgIpc) is 3.01. The van der Waals surface area contributed by atoms with Crippen molar-refractivity contribution < 1.29 is 34.1 Å². The third kappa shape index (κ3) is 3.16. The first-order chi connectivity index (χ1) is 16.1. The van der Waals surface area contributed by atoms with E-state index in [0.29, 0.717) is 30.4 Å². The number of ether oxygens (including phenoxy) is 1. The molecule has 0 aliphatic heterocycles. The minimum atomic E-state index is -1.43. The Hall–Kier alpha value is -1.86. The van der Waals surface area contributed by atoms with Gasteiger partial charge in [-0.3, -0.25) is 19.2 Å². The van der Waals surface area contributed by atoms with Crippen molar-refractivity contribution in [2.75, 3.05) is 7.11 Å². The first-order valence-corrected chi connectivity index (χ1v) is 12.9. The molecular formula is C28H40O7. The van der Waals surface area contributed by atoms with Gasteiger partial charge in [0.05, 0.1) is 18.6 Å². The minimum absolute atomic E-state index is 0.125. The molecule has 35 heavy (non-hydrogen) atoms. The lowest BCUT2D eigenvalue weighted by Gasteiger charge is -2.60. The molecule has 2 fully saturated rings. The molecule has 0 bridgehead atoms. The van der Waals surface area contributed by atoms with E-state index >= 15 is 0 Å². The lowest BCUT2D eigenvalue weighted by molar-refractivity contribution is -0.159. The Morgan fingerprint density at radius 1 is 1.06 bits per heavy atom. The van der Waals surface area contributed by atoms with Gasteiger partial charge in [-0.25, -0.2) is 0 Å². The zero-order valence-electron chi connectivity index (χ0n) is 22.1. The molecular weight excluding hydrogens is 448 g/mol. The summed E-state index contributed by atoms with van der Waals surface area (Å²) in [5.41, 5.74) is -3.11. The van der Waals surface area contributed by atoms with E-state index < -0.39 is 39.7 Å². The Morgan fingerprint density at radius 3 is 2.29 bits per heavy atom. The number of aliphatic hydroxyl groups excluding tert-OH is 2. The highest BCUT2D eigenvalue weighted by atomic mass is 16.5. The zero-order valence-corrected chi connectivity index (χ0v) is 22.1. The number of fused-ring (bicyclic) bond motifs is 4. The van der Waals surface area contributed by atoms with E-state index in [4.69, 9.17) is 4.74 Å². The average molecular weight is 489 g/mol. The highest BCUT2D eigenvalue weighted by molar-refractivity contribution is 6.17. The first kappa shape index (κ1) is 26.2. The molecule has 7 nitrogen and oxygen atoms in total. The molecule has 7 heteroatoms. The lowest BCUT2D eigenvalue weighted by Crippen LogP contribution is -2.64. The van der Waals surface area contributed by atoms with E-state index in [-0.39, 0.29) is 54.6 Å². The summed E-state index contributed by atoms with van der Waals surface area (Å²) in [6, 6.07) is 0. The predicted molar refractivity (Wildman–Crippen MR) is 128 cm³/mol. The first-order valence-electron chi connectivity index (χ1n) is 12.9. The van der Waals surface area contributed by atoms with Crippen molar-refractivity contribution in [1.82, 2.24) is 0 Å². The maximum Gasteiger partial charge on any atom is 0.305 e. The third-order valence-electron chi connectivity index (χ3n) is 11.0. The molecule has 2 saturated carbocycles. The molecule has 0 amide bonds. The zero-order chi connectivity index (χ0) is 26.3. The molecule has 0 spiro atoms. The number of carbonyl (C=O) groups excluding carboxylic acids is 4. The van der Waals surface area contributed by atoms with Crippen LogP contribution in [0.1, 0.15) is 80.1 Å². The van der Waals surface area contributed by atoms with Crippen LogP contribution in [0.25, 0.3) is 0 Å². The van der Waals surface area contributed by atoms with Gasteiger partial charge in [-0.2, -0.15) is 0 Å². The van der Waals surface area contributed by atoms with Gasteiger partial charge >= 0.3 is 5.97 Å². The van der Waals surface area contributed by atoms with E-state index in [2.05, 4.69) is 0 Å². The molecule has 2 N–H and O–H groups in total. The van der Waals surface area contributed by atoms with E-state index in [0.717, 1.165) is 0 Å². The predicted octanol–water partition coefficient (Wildman–Crippen LogP) is 3.19. The van der Waals surface area contributed by atoms with Crippen LogP contribution in [-0.4, -0.2) is 52.8 Å². The van der Waals surface area contributed by atoms with E-state index in [1.54, 1.807) is 13.8 Å². The number of esters is 1. The van der Waals surface area contributed by atoms with Gasteiger partial charge in [0.15, 0.2) is 11.6 Å². The smallest absolute Gasteiger partial charge is 0.305 e. The summed E-state index contributed by atoms with van der Waals surface area (Å²) in [4.78, 5) is 53.4. The van der Waals surface area contributed by atoms with Gasteiger partial charge in [-0.05, 0) is 49.4 Å². The normalized spacial score (nSPS) is 43.4. The quantitative estimate of drug-likeness (QED) is 0.584. The molecule has 194 valence electrons. The van der Waals surface area contributed by atoms with Crippen LogP contribution >= 0.6 is 0 Å². The van der Waals surface area contributed by atoms with Crippen LogP contribution in [0.5, 0.6) is 0 Å². The summed E-state index contributed by atoms with van der Waals surface area (Å²) < 4.78 is 4.77. The van der Waals surface area contributed by atoms with E-state index in [1.807, 2.05) is 27.7 Å². The molecule has 4 aliphatic carbocycles. The number of hydrogen-bond donors (Lipinski definition) is 2. The topological polar surface area (TPSA) is 118 Å². The lowest BCUT2D eigenvalue weighted by atomic mass is 9.42. The molecule has 0 radical (unpaired) electrons. The van der Waals surface area contributed by atoms with Gasteiger partial charge in [-0.15, -0.1) is 0 Å². The van der Waals surface area contributed by atoms with Gasteiger partial charge in [0.25, 0.3) is 0 Å². The van der Waals surface area contributed by atoms with Crippen molar-refractivity contribution in [3.63, 3.8) is 0 Å². The number of allylic oxidation sites excluding steroid dienone is 1. The number of methoxy groups -OCH3 is 1. The van der Waals surface area contributed by atoms with Gasteiger partial charge < -0.3 is 14.9 Å². The largest absolute Gasteiger partial charge is 0.469 e. The fourth-order valence-electron chi connectivity index (χ4n) is 8.49. The molecule has 0 aromatic heterocycles. The van der Waals surface area contributed by atoms with Crippen molar-refractivity contribution in [2.24, 2.45) is 39.4 Å². The Balaban J connectivity index is 1.87. The monoisotopic (exact) mass is 488 g/mol. The summed E-state index contributed by atoms with van der Waals surface area (Å²) in [6.45, 7) is 11.3. The van der Waals surface area contributed by atoms with Crippen molar-refractivity contribution in [3.8, 4) is 0 Å². The molecule has 0 saturated heterocycles. The second-order valence-electron chi connectivity index (χ2n) is 12.7. The van der Waals surface area contributed by atoms with Crippen molar-refractivity contribution in [2.45, 2.75) is 92.3 Å². The molecule has 0 heterocycles. The standard InChI is InChI=1S/C28H40O7/c1-14(8-9-20(32)35-7)15-12-19(31)28(6)21-16(29)13-17-25(2,3)18(30)10-11-26(17,4)22(21)23(33)24(34)27(15,28)5/h14-15,17-18,24,30,34H,8-13H2,1-7H3/t14-,15-,17+,18+,24-,26+,27+,28+/m1/s1. The summed E-state index contributed by atoms with van der Waals surface area (Å²) in [5, 5.41) is 22.4. The van der Waals surface area contributed by atoms with Gasteiger partial charge in [-0.1, -0.05) is 34.6 Å². The van der Waals surface area contributed by atoms with Gasteiger partial charge in [0.2, 0.25) is 0 Å². The van der Waals surface area contributed by atoms with Crippen molar-refractivity contribution in [3.05, 3.63) is 11.1 Å². The van der Waals surface area contributed by atoms with E-state index in [9.17, 15) is 29.4 Å². The highest BCUT2D eigenvalue weighted by Crippen LogP contribution is 2.70. The molecule has 0 unspecified atom stereocenters. The Labute approximate surface area is 207 Å². The van der Waals surface area contributed by atoms with E-state index in [1.165, 1.54) is 7.11 Å². The maximum absolute atomic E-state index is 14.0. The van der Waals surface area contributed by atoms with Crippen molar-refractivity contribution in [1.29, 1.82) is 0 Å². The summed E-state index contributed by atoms with van der Waals surface area (Å²) in [5.74, 6) is -1.90.